The number of likely N-dealkylation sites (N-methyl/N-ethyl adjacent to an activating group) is 1. The first-order chi connectivity index (χ1) is 7.74. The molecule has 1 aromatic carbocycles. The van der Waals surface area contributed by atoms with Crippen molar-refractivity contribution in [3.63, 3.8) is 0 Å². The van der Waals surface area contributed by atoms with Crippen molar-refractivity contribution in [3.8, 4) is 12.3 Å². The molecule has 0 aliphatic carbocycles. The highest BCUT2D eigenvalue weighted by Crippen LogP contribution is 2.02. The van der Waals surface area contributed by atoms with Crippen molar-refractivity contribution >= 4 is 5.91 Å². The van der Waals surface area contributed by atoms with Gasteiger partial charge in [-0.2, -0.15) is 0 Å². The molecule has 0 aliphatic heterocycles. The highest BCUT2D eigenvalue weighted by molar-refractivity contribution is 5.77. The van der Waals surface area contributed by atoms with E-state index in [0.29, 0.717) is 13.1 Å². The fourth-order valence-electron chi connectivity index (χ4n) is 1.32. The molecule has 0 saturated heterocycles. The molecule has 1 aromatic rings. The lowest BCUT2D eigenvalue weighted by atomic mass is 10.2. The van der Waals surface area contributed by atoms with Crippen LogP contribution in [0.25, 0.3) is 0 Å². The van der Waals surface area contributed by atoms with Crippen LogP contribution >= 0.6 is 0 Å². The topological polar surface area (TPSA) is 32.3 Å². The van der Waals surface area contributed by atoms with E-state index in [1.807, 2.05) is 30.3 Å². The maximum Gasteiger partial charge on any atom is 0.236 e. The van der Waals surface area contributed by atoms with Gasteiger partial charge in [-0.15, -0.1) is 6.42 Å². The van der Waals surface area contributed by atoms with Gasteiger partial charge in [0.05, 0.1) is 13.1 Å². The zero-order chi connectivity index (χ0) is 11.8. The molecule has 0 saturated carbocycles. The monoisotopic (exact) mass is 216 g/mol. The number of carbonyl (C=O) groups is 1. The Morgan fingerprint density at radius 3 is 2.75 bits per heavy atom. The second-order valence-corrected chi connectivity index (χ2v) is 3.54. The number of hydrogen-bond acceptors (Lipinski definition) is 2. The third-order valence-corrected chi connectivity index (χ3v) is 2.19. The molecule has 1 N–H and O–H groups in total. The number of benzene rings is 1. The highest BCUT2D eigenvalue weighted by Gasteiger charge is 2.07. The zero-order valence-corrected chi connectivity index (χ0v) is 9.44. The van der Waals surface area contributed by atoms with E-state index in [1.165, 1.54) is 0 Å². The summed E-state index contributed by atoms with van der Waals surface area (Å²) >= 11 is 0. The minimum absolute atomic E-state index is 0.0408. The van der Waals surface area contributed by atoms with Gasteiger partial charge in [-0.1, -0.05) is 36.3 Å². The van der Waals surface area contributed by atoms with Crippen LogP contribution in [0.1, 0.15) is 5.56 Å². The molecule has 0 spiro atoms. The van der Waals surface area contributed by atoms with Gasteiger partial charge in [-0.3, -0.25) is 10.1 Å². The largest absolute Gasteiger partial charge is 0.340 e. The van der Waals surface area contributed by atoms with Gasteiger partial charge in [-0.05, 0) is 5.56 Å². The van der Waals surface area contributed by atoms with Crippen LogP contribution in [-0.2, 0) is 11.3 Å². The third kappa shape index (κ3) is 4.16. The fourth-order valence-corrected chi connectivity index (χ4v) is 1.32. The van der Waals surface area contributed by atoms with Gasteiger partial charge in [-0.25, -0.2) is 0 Å². The molecule has 0 fully saturated rings. The van der Waals surface area contributed by atoms with Gasteiger partial charge in [0.25, 0.3) is 0 Å². The molecule has 1 amide bonds. The molecule has 3 heteroatoms. The Bertz CT molecular complexity index is 367. The van der Waals surface area contributed by atoms with Crippen molar-refractivity contribution in [2.24, 2.45) is 0 Å². The van der Waals surface area contributed by atoms with Gasteiger partial charge < -0.3 is 4.90 Å². The van der Waals surface area contributed by atoms with E-state index in [2.05, 4.69) is 11.2 Å². The van der Waals surface area contributed by atoms with E-state index in [9.17, 15) is 4.79 Å². The van der Waals surface area contributed by atoms with Crippen LogP contribution in [0.15, 0.2) is 30.3 Å². The van der Waals surface area contributed by atoms with Crippen molar-refractivity contribution in [1.82, 2.24) is 10.2 Å². The highest BCUT2D eigenvalue weighted by atomic mass is 16.2. The van der Waals surface area contributed by atoms with Crippen LogP contribution in [0, 0.1) is 12.3 Å². The summed E-state index contributed by atoms with van der Waals surface area (Å²) in [6, 6.07) is 9.88. The summed E-state index contributed by atoms with van der Waals surface area (Å²) in [6.07, 6.45) is 5.08. The molecule has 0 heterocycles. The zero-order valence-electron chi connectivity index (χ0n) is 9.44. The van der Waals surface area contributed by atoms with Crippen LogP contribution in [0.4, 0.5) is 0 Å². The number of rotatable bonds is 5. The number of amides is 1. The van der Waals surface area contributed by atoms with E-state index in [1.54, 1.807) is 11.9 Å². The van der Waals surface area contributed by atoms with Gasteiger partial charge >= 0.3 is 0 Å². The Labute approximate surface area is 96.5 Å². The summed E-state index contributed by atoms with van der Waals surface area (Å²) in [5.74, 6) is 2.47. The first kappa shape index (κ1) is 12.3. The van der Waals surface area contributed by atoms with E-state index in [-0.39, 0.29) is 12.5 Å². The summed E-state index contributed by atoms with van der Waals surface area (Å²) < 4.78 is 0. The van der Waals surface area contributed by atoms with E-state index in [0.717, 1.165) is 5.56 Å². The summed E-state index contributed by atoms with van der Waals surface area (Å²) in [5, 5.41) is 2.87. The summed E-state index contributed by atoms with van der Waals surface area (Å²) in [6.45, 7) is 1.33. The normalized spacial score (nSPS) is 9.50. The maximum absolute atomic E-state index is 11.6. The van der Waals surface area contributed by atoms with E-state index >= 15 is 0 Å². The smallest absolute Gasteiger partial charge is 0.236 e. The van der Waals surface area contributed by atoms with Crippen LogP contribution in [0.2, 0.25) is 0 Å². The lowest BCUT2D eigenvalue weighted by Gasteiger charge is -2.17. The van der Waals surface area contributed by atoms with Crippen LogP contribution in [-0.4, -0.2) is 30.9 Å². The van der Waals surface area contributed by atoms with Crippen molar-refractivity contribution in [3.05, 3.63) is 35.9 Å². The minimum atomic E-state index is 0.0408. The van der Waals surface area contributed by atoms with Crippen molar-refractivity contribution < 1.29 is 4.79 Å². The number of carbonyl (C=O) groups excluding carboxylic acids is 1. The molecule has 0 radical (unpaired) electrons. The Balaban J connectivity index is 2.38. The van der Waals surface area contributed by atoms with Crippen LogP contribution in [0.5, 0.6) is 0 Å². The first-order valence-corrected chi connectivity index (χ1v) is 5.16. The van der Waals surface area contributed by atoms with Crippen LogP contribution < -0.4 is 5.32 Å². The van der Waals surface area contributed by atoms with Crippen molar-refractivity contribution in [2.45, 2.75) is 6.54 Å². The maximum atomic E-state index is 11.6. The van der Waals surface area contributed by atoms with Gasteiger partial charge in [0.15, 0.2) is 0 Å². The predicted octanol–water partition coefficient (Wildman–Crippen LogP) is 0.868. The SMILES string of the molecule is C#CCNCC(=O)N(C)Cc1ccccc1. The molecule has 1 rings (SSSR count). The molecule has 0 aromatic heterocycles. The van der Waals surface area contributed by atoms with Crippen LogP contribution in [0.3, 0.4) is 0 Å². The molecule has 16 heavy (non-hydrogen) atoms. The third-order valence-electron chi connectivity index (χ3n) is 2.19. The average Bonchev–Trinajstić information content (AvgIpc) is 2.30. The van der Waals surface area contributed by atoms with Gasteiger partial charge in [0, 0.05) is 13.6 Å². The molecule has 3 nitrogen and oxygen atoms in total. The molecular formula is C13H16N2O. The number of terminal acetylenes is 1. The number of nitrogens with one attached hydrogen (secondary N) is 1. The van der Waals surface area contributed by atoms with E-state index < -0.39 is 0 Å². The summed E-state index contributed by atoms with van der Waals surface area (Å²) in [5.41, 5.74) is 1.12. The Kier molecular flexibility index (Phi) is 5.10. The number of nitrogens with zero attached hydrogens (tertiary/aromatic N) is 1. The van der Waals surface area contributed by atoms with E-state index in [4.69, 9.17) is 6.42 Å². The minimum Gasteiger partial charge on any atom is -0.340 e. The Hall–Kier alpha value is -1.79. The molecule has 0 aliphatic rings. The first-order valence-electron chi connectivity index (χ1n) is 5.16. The predicted molar refractivity (Wildman–Crippen MR) is 64.6 cm³/mol. The lowest BCUT2D eigenvalue weighted by Crippen LogP contribution is -2.35. The lowest BCUT2D eigenvalue weighted by molar-refractivity contribution is -0.129. The van der Waals surface area contributed by atoms with Gasteiger partial charge in [0.2, 0.25) is 5.91 Å². The molecule has 0 bridgehead atoms. The quantitative estimate of drug-likeness (QED) is 0.585. The van der Waals surface area contributed by atoms with Crippen molar-refractivity contribution in [2.75, 3.05) is 20.1 Å². The standard InChI is InChI=1S/C13H16N2O/c1-3-9-14-10-13(16)15(2)11-12-7-5-4-6-8-12/h1,4-8,14H,9-11H2,2H3. The summed E-state index contributed by atoms with van der Waals surface area (Å²) in [4.78, 5) is 13.3. The average molecular weight is 216 g/mol. The van der Waals surface area contributed by atoms with Crippen molar-refractivity contribution in [1.29, 1.82) is 0 Å². The second kappa shape index (κ2) is 6.65. The molecule has 84 valence electrons. The summed E-state index contributed by atoms with van der Waals surface area (Å²) in [7, 11) is 1.78. The number of hydrogen-bond donors (Lipinski definition) is 1. The Morgan fingerprint density at radius 1 is 1.44 bits per heavy atom. The Morgan fingerprint density at radius 2 is 2.12 bits per heavy atom. The fraction of sp³-hybridized carbons (Fsp3) is 0.308. The van der Waals surface area contributed by atoms with Gasteiger partial charge in [0.1, 0.15) is 0 Å². The molecule has 0 atom stereocenters. The molecular weight excluding hydrogens is 200 g/mol. The second-order valence-electron chi connectivity index (χ2n) is 3.54. The molecule has 0 unspecified atom stereocenters.